The van der Waals surface area contributed by atoms with Crippen LogP contribution in [0.4, 0.5) is 5.69 Å². The van der Waals surface area contributed by atoms with Crippen LogP contribution in [0.2, 0.25) is 0 Å². The number of hydrogen-bond donors (Lipinski definition) is 2. The highest BCUT2D eigenvalue weighted by Gasteiger charge is 2.31. The van der Waals surface area contributed by atoms with Crippen molar-refractivity contribution in [2.24, 2.45) is 5.73 Å². The average molecular weight is 268 g/mol. The Kier molecular flexibility index (Phi) is 3.36. The van der Waals surface area contributed by atoms with Gasteiger partial charge in [0.25, 0.3) is 0 Å². The van der Waals surface area contributed by atoms with Crippen molar-refractivity contribution in [1.82, 2.24) is 0 Å². The summed E-state index contributed by atoms with van der Waals surface area (Å²) in [6.07, 6.45) is 1.06. The molecule has 0 aromatic heterocycles. The predicted octanol–water partition coefficient (Wildman–Crippen LogP) is 2.84. The molecule has 0 saturated heterocycles. The van der Waals surface area contributed by atoms with Gasteiger partial charge in [0.05, 0.1) is 6.04 Å². The molecule has 1 heterocycles. The molecule has 1 aliphatic heterocycles. The molecule has 104 valence electrons. The summed E-state index contributed by atoms with van der Waals surface area (Å²) in [5.74, 6) is 0.291. The minimum absolute atomic E-state index is 0.147. The molecule has 2 aromatic rings. The summed E-state index contributed by atoms with van der Waals surface area (Å²) in [6.45, 7) is 2.80. The summed E-state index contributed by atoms with van der Waals surface area (Å²) in [5.41, 5.74) is 9.85. The maximum absolute atomic E-state index is 9.44. The molecule has 2 atom stereocenters. The molecule has 0 saturated carbocycles. The minimum Gasteiger partial charge on any atom is -0.508 e. The number of nitrogens with zero attached hydrogens (tertiary/aromatic N) is 1. The molecule has 0 radical (unpaired) electrons. The second-order valence-electron chi connectivity index (χ2n) is 5.43. The Morgan fingerprint density at radius 2 is 1.90 bits per heavy atom. The van der Waals surface area contributed by atoms with Gasteiger partial charge in [0.2, 0.25) is 0 Å². The van der Waals surface area contributed by atoms with E-state index in [4.69, 9.17) is 5.73 Å². The summed E-state index contributed by atoms with van der Waals surface area (Å²) >= 11 is 0. The van der Waals surface area contributed by atoms with Crippen molar-refractivity contribution < 1.29 is 5.11 Å². The van der Waals surface area contributed by atoms with Crippen LogP contribution in [0.25, 0.3) is 0 Å². The van der Waals surface area contributed by atoms with Crippen LogP contribution in [0, 0.1) is 0 Å². The fourth-order valence-corrected chi connectivity index (χ4v) is 3.17. The number of fused-ring (bicyclic) bond motifs is 1. The van der Waals surface area contributed by atoms with Crippen LogP contribution < -0.4 is 10.6 Å². The summed E-state index contributed by atoms with van der Waals surface area (Å²) in [4.78, 5) is 2.40. The fraction of sp³-hybridized carbons (Fsp3) is 0.294. The molecule has 20 heavy (non-hydrogen) atoms. The molecular weight excluding hydrogens is 248 g/mol. The Bertz CT molecular complexity index is 594. The van der Waals surface area contributed by atoms with Crippen molar-refractivity contribution in [1.29, 1.82) is 0 Å². The monoisotopic (exact) mass is 268 g/mol. The number of benzene rings is 2. The molecule has 2 aromatic carbocycles. The zero-order valence-corrected chi connectivity index (χ0v) is 11.7. The van der Waals surface area contributed by atoms with E-state index in [1.165, 1.54) is 11.3 Å². The van der Waals surface area contributed by atoms with Gasteiger partial charge in [-0.25, -0.2) is 0 Å². The Hall–Kier alpha value is -2.00. The SMILES string of the molecule is CC1Cc2ccccc2N1C(CN)c1ccc(O)cc1. The number of para-hydroxylation sites is 1. The lowest BCUT2D eigenvalue weighted by molar-refractivity contribution is 0.474. The number of phenols is 1. The number of hydrogen-bond acceptors (Lipinski definition) is 3. The molecule has 2 unspecified atom stereocenters. The van der Waals surface area contributed by atoms with Gasteiger partial charge in [-0.05, 0) is 42.7 Å². The number of rotatable bonds is 3. The molecular formula is C17H20N2O. The van der Waals surface area contributed by atoms with E-state index < -0.39 is 0 Å². The quantitative estimate of drug-likeness (QED) is 0.900. The molecule has 0 aliphatic carbocycles. The van der Waals surface area contributed by atoms with Gasteiger partial charge in [-0.2, -0.15) is 0 Å². The van der Waals surface area contributed by atoms with Crippen LogP contribution in [-0.2, 0) is 6.42 Å². The summed E-state index contributed by atoms with van der Waals surface area (Å²) in [5, 5.41) is 9.44. The third-order valence-corrected chi connectivity index (χ3v) is 4.10. The van der Waals surface area contributed by atoms with E-state index in [1.807, 2.05) is 12.1 Å². The zero-order chi connectivity index (χ0) is 14.1. The lowest BCUT2D eigenvalue weighted by atomic mass is 10.0. The molecule has 3 rings (SSSR count). The molecule has 3 nitrogen and oxygen atoms in total. The van der Waals surface area contributed by atoms with Gasteiger partial charge in [0, 0.05) is 18.3 Å². The topological polar surface area (TPSA) is 49.5 Å². The number of anilines is 1. The van der Waals surface area contributed by atoms with E-state index in [0.29, 0.717) is 18.3 Å². The maximum atomic E-state index is 9.44. The van der Waals surface area contributed by atoms with Crippen molar-refractivity contribution in [2.45, 2.75) is 25.4 Å². The highest BCUT2D eigenvalue weighted by atomic mass is 16.3. The normalized spacial score (nSPS) is 18.9. The van der Waals surface area contributed by atoms with Crippen molar-refractivity contribution in [2.75, 3.05) is 11.4 Å². The third kappa shape index (κ3) is 2.14. The lowest BCUT2D eigenvalue weighted by Crippen LogP contribution is -2.37. The molecule has 3 heteroatoms. The van der Waals surface area contributed by atoms with Gasteiger partial charge in [-0.1, -0.05) is 30.3 Å². The van der Waals surface area contributed by atoms with Crippen molar-refractivity contribution >= 4 is 5.69 Å². The zero-order valence-electron chi connectivity index (χ0n) is 11.7. The van der Waals surface area contributed by atoms with Gasteiger partial charge in [0.15, 0.2) is 0 Å². The number of phenolic OH excluding ortho intramolecular Hbond substituents is 1. The summed E-state index contributed by atoms with van der Waals surface area (Å²) in [7, 11) is 0. The fourth-order valence-electron chi connectivity index (χ4n) is 3.17. The Morgan fingerprint density at radius 1 is 1.20 bits per heavy atom. The third-order valence-electron chi connectivity index (χ3n) is 4.10. The smallest absolute Gasteiger partial charge is 0.115 e. The average Bonchev–Trinajstić information content (AvgIpc) is 2.79. The lowest BCUT2D eigenvalue weighted by Gasteiger charge is -2.34. The molecule has 3 N–H and O–H groups in total. The van der Waals surface area contributed by atoms with Crippen LogP contribution in [0.15, 0.2) is 48.5 Å². The van der Waals surface area contributed by atoms with Crippen molar-refractivity contribution in [3.05, 3.63) is 59.7 Å². The van der Waals surface area contributed by atoms with E-state index in [9.17, 15) is 5.11 Å². The highest BCUT2D eigenvalue weighted by molar-refractivity contribution is 5.61. The first-order valence-electron chi connectivity index (χ1n) is 7.06. The Morgan fingerprint density at radius 3 is 2.60 bits per heavy atom. The minimum atomic E-state index is 0.147. The second-order valence-corrected chi connectivity index (χ2v) is 5.43. The predicted molar refractivity (Wildman–Crippen MR) is 82.0 cm³/mol. The van der Waals surface area contributed by atoms with Crippen LogP contribution in [-0.4, -0.2) is 17.7 Å². The summed E-state index contributed by atoms with van der Waals surface area (Å²) in [6, 6.07) is 16.5. The van der Waals surface area contributed by atoms with Crippen LogP contribution >= 0.6 is 0 Å². The summed E-state index contributed by atoms with van der Waals surface area (Å²) < 4.78 is 0. The van der Waals surface area contributed by atoms with E-state index in [2.05, 4.69) is 36.1 Å². The second kappa shape index (κ2) is 5.17. The van der Waals surface area contributed by atoms with Crippen LogP contribution in [0.5, 0.6) is 5.75 Å². The first-order chi connectivity index (χ1) is 9.70. The van der Waals surface area contributed by atoms with Gasteiger partial charge >= 0.3 is 0 Å². The van der Waals surface area contributed by atoms with E-state index in [-0.39, 0.29) is 6.04 Å². The molecule has 1 aliphatic rings. The van der Waals surface area contributed by atoms with E-state index in [0.717, 1.165) is 12.0 Å². The van der Waals surface area contributed by atoms with Gasteiger partial charge in [-0.15, -0.1) is 0 Å². The molecule has 0 spiro atoms. The molecule has 0 fully saturated rings. The van der Waals surface area contributed by atoms with Gasteiger partial charge in [0.1, 0.15) is 5.75 Å². The first kappa shape index (κ1) is 13.0. The van der Waals surface area contributed by atoms with Gasteiger partial charge < -0.3 is 15.7 Å². The first-order valence-corrected chi connectivity index (χ1v) is 7.06. The molecule has 0 amide bonds. The number of nitrogens with two attached hydrogens (primary N) is 1. The highest BCUT2D eigenvalue weighted by Crippen LogP contribution is 2.38. The van der Waals surface area contributed by atoms with E-state index in [1.54, 1.807) is 12.1 Å². The van der Waals surface area contributed by atoms with Crippen molar-refractivity contribution in [3.63, 3.8) is 0 Å². The van der Waals surface area contributed by atoms with Crippen molar-refractivity contribution in [3.8, 4) is 5.75 Å². The molecule has 0 bridgehead atoms. The Labute approximate surface area is 119 Å². The standard InChI is InChI=1S/C17H20N2O/c1-12-10-14-4-2-3-5-16(14)19(12)17(11-18)13-6-8-15(20)9-7-13/h2-9,12,17,20H,10-11,18H2,1H3. The number of aromatic hydroxyl groups is 1. The maximum Gasteiger partial charge on any atom is 0.115 e. The largest absolute Gasteiger partial charge is 0.508 e. The van der Waals surface area contributed by atoms with Crippen LogP contribution in [0.3, 0.4) is 0 Å². The van der Waals surface area contributed by atoms with Gasteiger partial charge in [-0.3, -0.25) is 0 Å². The van der Waals surface area contributed by atoms with Crippen LogP contribution in [0.1, 0.15) is 24.1 Å². The Balaban J connectivity index is 1.99. The van der Waals surface area contributed by atoms with E-state index >= 15 is 0 Å².